The molecule has 0 spiro atoms. The molecule has 0 saturated heterocycles. The van der Waals surface area contributed by atoms with Crippen molar-refractivity contribution in [2.75, 3.05) is 6.54 Å². The number of amides is 1. The Bertz CT molecular complexity index is 214. The van der Waals surface area contributed by atoms with Gasteiger partial charge in [-0.3, -0.25) is 4.79 Å². The highest BCUT2D eigenvalue weighted by atomic mass is 16.1. The summed E-state index contributed by atoms with van der Waals surface area (Å²) in [5, 5.41) is 2.89. The maximum Gasteiger partial charge on any atom is 0.216 e. The predicted octanol–water partition coefficient (Wildman–Crippen LogP) is 2.54. The fraction of sp³-hybridized carbons (Fsp3) is 0.846. The van der Waals surface area contributed by atoms with Crippen LogP contribution in [0.3, 0.4) is 0 Å². The first-order chi connectivity index (χ1) is 7.41. The predicted molar refractivity (Wildman–Crippen MR) is 66.2 cm³/mol. The Morgan fingerprint density at radius 3 is 1.88 bits per heavy atom. The average molecular weight is 227 g/mol. The van der Waals surface area contributed by atoms with Gasteiger partial charge in [0.25, 0.3) is 0 Å². The molecule has 0 bridgehead atoms. The number of hydrogen-bond donors (Lipinski definition) is 1. The molecular weight excluding hydrogens is 202 g/mol. The van der Waals surface area contributed by atoms with Crippen LogP contribution in [-0.2, 0) is 9.59 Å². The molecule has 3 nitrogen and oxygen atoms in total. The Kier molecular flexibility index (Phi) is 7.86. The molecule has 1 saturated carbocycles. The summed E-state index contributed by atoms with van der Waals surface area (Å²) in [6, 6.07) is 0. The number of hydrogen-bond acceptors (Lipinski definition) is 2. The topological polar surface area (TPSA) is 46.2 Å². The van der Waals surface area contributed by atoms with Crippen LogP contribution < -0.4 is 5.32 Å². The summed E-state index contributed by atoms with van der Waals surface area (Å²) in [5.74, 6) is 1.91. The van der Waals surface area contributed by atoms with E-state index in [9.17, 15) is 9.59 Å². The summed E-state index contributed by atoms with van der Waals surface area (Å²) < 4.78 is 0. The van der Waals surface area contributed by atoms with Crippen molar-refractivity contribution < 1.29 is 9.59 Å². The summed E-state index contributed by atoms with van der Waals surface area (Å²) in [5.41, 5.74) is 0. The van der Waals surface area contributed by atoms with Crippen molar-refractivity contribution in [3.63, 3.8) is 0 Å². The molecule has 1 N–H and O–H groups in total. The minimum Gasteiger partial charge on any atom is -0.356 e. The monoisotopic (exact) mass is 227 g/mol. The minimum absolute atomic E-state index is 0.105. The fourth-order valence-electron chi connectivity index (χ4n) is 1.82. The Morgan fingerprint density at radius 1 is 1.06 bits per heavy atom. The summed E-state index contributed by atoms with van der Waals surface area (Å²) in [4.78, 5) is 20.1. The van der Waals surface area contributed by atoms with E-state index in [1.165, 1.54) is 39.5 Å². The van der Waals surface area contributed by atoms with Gasteiger partial charge in [-0.2, -0.15) is 0 Å². The van der Waals surface area contributed by atoms with E-state index in [4.69, 9.17) is 0 Å². The van der Waals surface area contributed by atoms with Crippen LogP contribution in [0, 0.1) is 11.8 Å². The number of nitrogens with one attached hydrogen (secondary N) is 1. The largest absolute Gasteiger partial charge is 0.356 e. The Labute approximate surface area is 99.0 Å². The van der Waals surface area contributed by atoms with E-state index in [0.29, 0.717) is 0 Å². The van der Waals surface area contributed by atoms with Crippen molar-refractivity contribution in [3.05, 3.63) is 0 Å². The van der Waals surface area contributed by atoms with Crippen LogP contribution in [-0.4, -0.2) is 18.2 Å². The maximum absolute atomic E-state index is 10.6. The molecular formula is C13H25NO2. The van der Waals surface area contributed by atoms with E-state index in [1.807, 2.05) is 0 Å². The standard InChI is InChI=1S/C10H19NO.C3H6O/c1-8-3-5-10(6-4-8)7-11-9(2)12;1-3(2)4/h8,10H,3-7H2,1-2H3,(H,11,12);1-2H3. The zero-order valence-electron chi connectivity index (χ0n) is 11.0. The molecule has 0 aromatic rings. The highest BCUT2D eigenvalue weighted by molar-refractivity contribution is 5.72. The molecule has 0 aliphatic heterocycles. The molecule has 0 aromatic carbocycles. The summed E-state index contributed by atoms with van der Waals surface area (Å²) in [6.07, 6.45) is 5.26. The molecule has 0 heterocycles. The minimum atomic E-state index is 0.105. The molecule has 94 valence electrons. The van der Waals surface area contributed by atoms with Gasteiger partial charge >= 0.3 is 0 Å². The third-order valence-corrected chi connectivity index (χ3v) is 2.78. The number of Topliss-reactive ketones (excluding diaryl/α,β-unsaturated/α-hetero) is 1. The van der Waals surface area contributed by atoms with Crippen molar-refractivity contribution >= 4 is 11.7 Å². The van der Waals surface area contributed by atoms with E-state index in [-0.39, 0.29) is 11.7 Å². The molecule has 0 unspecified atom stereocenters. The number of carbonyl (C=O) groups is 2. The van der Waals surface area contributed by atoms with Gasteiger partial charge in [0, 0.05) is 13.5 Å². The Hall–Kier alpha value is -0.860. The second kappa shape index (κ2) is 8.31. The zero-order valence-corrected chi connectivity index (χ0v) is 11.0. The van der Waals surface area contributed by atoms with Crippen molar-refractivity contribution in [3.8, 4) is 0 Å². The lowest BCUT2D eigenvalue weighted by Crippen LogP contribution is -2.29. The van der Waals surface area contributed by atoms with Gasteiger partial charge in [-0.15, -0.1) is 0 Å². The van der Waals surface area contributed by atoms with Crippen LogP contribution in [0.2, 0.25) is 0 Å². The second-order valence-corrected chi connectivity index (χ2v) is 4.97. The number of carbonyl (C=O) groups excluding carboxylic acids is 2. The van der Waals surface area contributed by atoms with Crippen molar-refractivity contribution in [1.82, 2.24) is 5.32 Å². The van der Waals surface area contributed by atoms with Gasteiger partial charge in [-0.25, -0.2) is 0 Å². The van der Waals surface area contributed by atoms with Gasteiger partial charge in [0.15, 0.2) is 0 Å². The third-order valence-electron chi connectivity index (χ3n) is 2.78. The van der Waals surface area contributed by atoms with Crippen LogP contribution in [0.1, 0.15) is 53.4 Å². The van der Waals surface area contributed by atoms with E-state index >= 15 is 0 Å². The highest BCUT2D eigenvalue weighted by Gasteiger charge is 2.17. The molecule has 0 radical (unpaired) electrons. The number of ketones is 1. The molecule has 0 atom stereocenters. The van der Waals surface area contributed by atoms with Gasteiger partial charge in [-0.1, -0.05) is 19.8 Å². The van der Waals surface area contributed by atoms with Gasteiger partial charge in [0.1, 0.15) is 5.78 Å². The lowest BCUT2D eigenvalue weighted by molar-refractivity contribution is -0.119. The molecule has 1 amide bonds. The van der Waals surface area contributed by atoms with Gasteiger partial charge < -0.3 is 10.1 Å². The normalized spacial score (nSPS) is 24.0. The lowest BCUT2D eigenvalue weighted by atomic mass is 9.83. The number of rotatable bonds is 2. The van der Waals surface area contributed by atoms with Crippen molar-refractivity contribution in [2.24, 2.45) is 11.8 Å². The summed E-state index contributed by atoms with van der Waals surface area (Å²) in [7, 11) is 0. The molecule has 16 heavy (non-hydrogen) atoms. The summed E-state index contributed by atoms with van der Waals surface area (Å²) >= 11 is 0. The van der Waals surface area contributed by atoms with Crippen LogP contribution in [0.15, 0.2) is 0 Å². The third kappa shape index (κ3) is 9.69. The molecule has 3 heteroatoms. The Morgan fingerprint density at radius 2 is 1.50 bits per heavy atom. The van der Waals surface area contributed by atoms with Crippen LogP contribution in [0.25, 0.3) is 0 Å². The van der Waals surface area contributed by atoms with Crippen molar-refractivity contribution in [1.29, 1.82) is 0 Å². The first-order valence-corrected chi connectivity index (χ1v) is 6.13. The van der Waals surface area contributed by atoms with Crippen LogP contribution in [0.5, 0.6) is 0 Å². The quantitative estimate of drug-likeness (QED) is 0.788. The molecule has 1 aliphatic rings. The smallest absolute Gasteiger partial charge is 0.216 e. The van der Waals surface area contributed by atoms with Crippen molar-refractivity contribution in [2.45, 2.75) is 53.4 Å². The van der Waals surface area contributed by atoms with Crippen LogP contribution >= 0.6 is 0 Å². The maximum atomic E-state index is 10.6. The zero-order chi connectivity index (χ0) is 12.6. The molecule has 1 aliphatic carbocycles. The lowest BCUT2D eigenvalue weighted by Gasteiger charge is -2.25. The van der Waals surface area contributed by atoms with Gasteiger partial charge in [-0.05, 0) is 38.5 Å². The van der Waals surface area contributed by atoms with E-state index in [1.54, 1.807) is 6.92 Å². The summed E-state index contributed by atoms with van der Waals surface area (Å²) in [6.45, 7) is 7.85. The SMILES string of the molecule is CC(=O)NCC1CCC(C)CC1.CC(C)=O. The molecule has 1 rings (SSSR count). The van der Waals surface area contributed by atoms with E-state index < -0.39 is 0 Å². The van der Waals surface area contributed by atoms with Gasteiger partial charge in [0.2, 0.25) is 5.91 Å². The van der Waals surface area contributed by atoms with E-state index in [0.717, 1.165) is 18.4 Å². The average Bonchev–Trinajstić information content (AvgIpc) is 2.16. The van der Waals surface area contributed by atoms with Gasteiger partial charge in [0.05, 0.1) is 0 Å². The molecule has 1 fully saturated rings. The second-order valence-electron chi connectivity index (χ2n) is 4.97. The highest BCUT2D eigenvalue weighted by Crippen LogP contribution is 2.27. The first kappa shape index (κ1) is 15.1. The molecule has 0 aromatic heterocycles. The Balaban J connectivity index is 0.000000487. The van der Waals surface area contributed by atoms with Crippen LogP contribution in [0.4, 0.5) is 0 Å². The fourth-order valence-corrected chi connectivity index (χ4v) is 1.82. The first-order valence-electron chi connectivity index (χ1n) is 6.13. The van der Waals surface area contributed by atoms with E-state index in [2.05, 4.69) is 12.2 Å².